The monoisotopic (exact) mass is 333 g/mol. The molecule has 0 bridgehead atoms. The van der Waals surface area contributed by atoms with Crippen molar-refractivity contribution in [1.82, 2.24) is 5.32 Å². The highest BCUT2D eigenvalue weighted by Crippen LogP contribution is 2.19. The van der Waals surface area contributed by atoms with Crippen LogP contribution in [0.1, 0.15) is 26.2 Å². The van der Waals surface area contributed by atoms with Crippen molar-refractivity contribution in [3.8, 4) is 0 Å². The van der Waals surface area contributed by atoms with E-state index in [1.165, 1.54) is 5.69 Å². The number of amides is 1. The van der Waals surface area contributed by atoms with Crippen LogP contribution in [0.3, 0.4) is 0 Å². The third-order valence-electron chi connectivity index (χ3n) is 3.49. The SMILES string of the molecule is CC(N)CC(=O)NC1CCN(c2ccccc2)CC1.Cl.Cl. The van der Waals surface area contributed by atoms with Crippen molar-refractivity contribution in [3.05, 3.63) is 30.3 Å². The molecule has 1 fully saturated rings. The van der Waals surface area contributed by atoms with Gasteiger partial charge in [0.2, 0.25) is 5.91 Å². The van der Waals surface area contributed by atoms with Crippen molar-refractivity contribution >= 4 is 36.4 Å². The van der Waals surface area contributed by atoms with Gasteiger partial charge in [0.25, 0.3) is 0 Å². The molecule has 1 aliphatic rings. The molecule has 1 atom stereocenters. The summed E-state index contributed by atoms with van der Waals surface area (Å²) in [4.78, 5) is 14.0. The lowest BCUT2D eigenvalue weighted by atomic mass is 10.0. The highest BCUT2D eigenvalue weighted by Gasteiger charge is 2.20. The molecular weight excluding hydrogens is 309 g/mol. The van der Waals surface area contributed by atoms with Crippen LogP contribution in [0.2, 0.25) is 0 Å². The van der Waals surface area contributed by atoms with Crippen LogP contribution in [0.15, 0.2) is 30.3 Å². The maximum Gasteiger partial charge on any atom is 0.221 e. The fraction of sp³-hybridized carbons (Fsp3) is 0.533. The molecule has 1 aromatic rings. The minimum Gasteiger partial charge on any atom is -0.371 e. The van der Waals surface area contributed by atoms with Crippen molar-refractivity contribution < 1.29 is 4.79 Å². The van der Waals surface area contributed by atoms with Crippen LogP contribution in [0.25, 0.3) is 0 Å². The number of carbonyl (C=O) groups is 1. The number of nitrogens with zero attached hydrogens (tertiary/aromatic N) is 1. The minimum atomic E-state index is -0.0654. The highest BCUT2D eigenvalue weighted by atomic mass is 35.5. The van der Waals surface area contributed by atoms with Crippen LogP contribution in [0.5, 0.6) is 0 Å². The Hall–Kier alpha value is -0.970. The topological polar surface area (TPSA) is 58.4 Å². The number of nitrogens with two attached hydrogens (primary N) is 1. The standard InChI is InChI=1S/C15H23N3O.2ClH/c1-12(16)11-15(19)17-13-7-9-18(10-8-13)14-5-3-2-4-6-14;;/h2-6,12-13H,7-11,16H2,1H3,(H,17,19);2*1H. The van der Waals surface area contributed by atoms with Crippen molar-refractivity contribution in [2.75, 3.05) is 18.0 Å². The lowest BCUT2D eigenvalue weighted by Crippen LogP contribution is -2.45. The second-order valence-corrected chi connectivity index (χ2v) is 5.35. The summed E-state index contributed by atoms with van der Waals surface area (Å²) in [5.74, 6) is 0.0770. The highest BCUT2D eigenvalue weighted by molar-refractivity contribution is 5.85. The van der Waals surface area contributed by atoms with E-state index in [0.29, 0.717) is 12.5 Å². The molecule has 3 N–H and O–H groups in total. The lowest BCUT2D eigenvalue weighted by molar-refractivity contribution is -0.122. The van der Waals surface area contributed by atoms with E-state index in [0.717, 1.165) is 25.9 Å². The summed E-state index contributed by atoms with van der Waals surface area (Å²) in [6, 6.07) is 10.7. The number of benzene rings is 1. The van der Waals surface area contributed by atoms with Gasteiger partial charge in [-0.15, -0.1) is 24.8 Å². The molecule has 1 saturated heterocycles. The van der Waals surface area contributed by atoms with Gasteiger partial charge in [-0.1, -0.05) is 18.2 Å². The summed E-state index contributed by atoms with van der Waals surface area (Å²) < 4.78 is 0. The van der Waals surface area contributed by atoms with Gasteiger partial charge in [-0.05, 0) is 31.9 Å². The molecule has 1 aliphatic heterocycles. The quantitative estimate of drug-likeness (QED) is 0.889. The molecular formula is C15H25Cl2N3O. The summed E-state index contributed by atoms with van der Waals surface area (Å²) in [5, 5.41) is 3.08. The zero-order valence-corrected chi connectivity index (χ0v) is 14.0. The first-order valence-electron chi connectivity index (χ1n) is 7.00. The van der Waals surface area contributed by atoms with Crippen LogP contribution in [0, 0.1) is 0 Å². The molecule has 0 aliphatic carbocycles. The Labute approximate surface area is 139 Å². The molecule has 0 spiro atoms. The van der Waals surface area contributed by atoms with E-state index in [-0.39, 0.29) is 36.8 Å². The predicted molar refractivity (Wildman–Crippen MR) is 92.6 cm³/mol. The maximum absolute atomic E-state index is 11.7. The van der Waals surface area contributed by atoms with E-state index in [1.54, 1.807) is 0 Å². The van der Waals surface area contributed by atoms with Crippen LogP contribution in [0.4, 0.5) is 5.69 Å². The first-order chi connectivity index (χ1) is 9.15. The van der Waals surface area contributed by atoms with E-state index < -0.39 is 0 Å². The fourth-order valence-electron chi connectivity index (χ4n) is 2.50. The van der Waals surface area contributed by atoms with Gasteiger partial charge in [-0.25, -0.2) is 0 Å². The summed E-state index contributed by atoms with van der Waals surface area (Å²) in [6.07, 6.45) is 2.41. The normalized spacial score (nSPS) is 16.4. The fourth-order valence-corrected chi connectivity index (χ4v) is 2.50. The van der Waals surface area contributed by atoms with Gasteiger partial charge in [0.15, 0.2) is 0 Å². The zero-order valence-electron chi connectivity index (χ0n) is 12.3. The maximum atomic E-state index is 11.7. The summed E-state index contributed by atoms with van der Waals surface area (Å²) in [6.45, 7) is 3.85. The van der Waals surface area contributed by atoms with Crippen molar-refractivity contribution in [2.24, 2.45) is 5.73 Å². The number of hydrogen-bond donors (Lipinski definition) is 2. The Bertz CT molecular complexity index is 407. The van der Waals surface area contributed by atoms with Crippen molar-refractivity contribution in [2.45, 2.75) is 38.3 Å². The van der Waals surface area contributed by atoms with Crippen LogP contribution >= 0.6 is 24.8 Å². The largest absolute Gasteiger partial charge is 0.371 e. The summed E-state index contributed by atoms with van der Waals surface area (Å²) in [5.41, 5.74) is 6.89. The van der Waals surface area contributed by atoms with Crippen LogP contribution in [-0.4, -0.2) is 31.1 Å². The van der Waals surface area contributed by atoms with Gasteiger partial charge in [-0.2, -0.15) is 0 Å². The second-order valence-electron chi connectivity index (χ2n) is 5.35. The molecule has 0 saturated carbocycles. The number of para-hydroxylation sites is 1. The third kappa shape index (κ3) is 6.55. The van der Waals surface area contributed by atoms with E-state index in [9.17, 15) is 4.79 Å². The molecule has 1 unspecified atom stereocenters. The number of nitrogens with one attached hydrogen (secondary N) is 1. The smallest absolute Gasteiger partial charge is 0.221 e. The van der Waals surface area contributed by atoms with Gasteiger partial charge >= 0.3 is 0 Å². The zero-order chi connectivity index (χ0) is 13.7. The number of rotatable bonds is 4. The summed E-state index contributed by atoms with van der Waals surface area (Å²) >= 11 is 0. The van der Waals surface area contributed by atoms with E-state index >= 15 is 0 Å². The lowest BCUT2D eigenvalue weighted by Gasteiger charge is -2.34. The van der Waals surface area contributed by atoms with E-state index in [4.69, 9.17) is 5.73 Å². The molecule has 2 rings (SSSR count). The molecule has 1 amide bonds. The average Bonchev–Trinajstić information content (AvgIpc) is 2.39. The molecule has 1 heterocycles. The number of anilines is 1. The Kier molecular flexibility index (Phi) is 9.42. The molecule has 0 radical (unpaired) electrons. The second kappa shape index (κ2) is 9.87. The molecule has 1 aromatic carbocycles. The van der Waals surface area contributed by atoms with Gasteiger partial charge in [0.05, 0.1) is 0 Å². The van der Waals surface area contributed by atoms with Gasteiger partial charge in [0, 0.05) is 37.3 Å². The third-order valence-corrected chi connectivity index (χ3v) is 3.49. The summed E-state index contributed by atoms with van der Waals surface area (Å²) in [7, 11) is 0. The number of carbonyl (C=O) groups excluding carboxylic acids is 1. The number of hydrogen-bond acceptors (Lipinski definition) is 3. The van der Waals surface area contributed by atoms with Crippen LogP contribution < -0.4 is 16.0 Å². The van der Waals surface area contributed by atoms with E-state index in [2.05, 4.69) is 34.5 Å². The van der Waals surface area contributed by atoms with Gasteiger partial charge in [-0.3, -0.25) is 4.79 Å². The number of halogens is 2. The average molecular weight is 334 g/mol. The Morgan fingerprint density at radius 2 is 1.86 bits per heavy atom. The molecule has 0 aromatic heterocycles. The Morgan fingerprint density at radius 3 is 2.38 bits per heavy atom. The first-order valence-corrected chi connectivity index (χ1v) is 7.00. The molecule has 4 nitrogen and oxygen atoms in total. The van der Waals surface area contributed by atoms with Crippen molar-refractivity contribution in [1.29, 1.82) is 0 Å². The van der Waals surface area contributed by atoms with E-state index in [1.807, 2.05) is 13.0 Å². The van der Waals surface area contributed by atoms with Crippen molar-refractivity contribution in [3.63, 3.8) is 0 Å². The number of piperidine rings is 1. The molecule has 120 valence electrons. The molecule has 6 heteroatoms. The molecule has 21 heavy (non-hydrogen) atoms. The predicted octanol–water partition coefficient (Wildman–Crippen LogP) is 2.35. The Morgan fingerprint density at radius 1 is 1.29 bits per heavy atom. The Balaban J connectivity index is 0.00000200. The van der Waals surface area contributed by atoms with Gasteiger partial charge in [0.1, 0.15) is 0 Å². The van der Waals surface area contributed by atoms with Gasteiger partial charge < -0.3 is 16.0 Å². The van der Waals surface area contributed by atoms with Crippen LogP contribution in [-0.2, 0) is 4.79 Å². The minimum absolute atomic E-state index is 0. The first kappa shape index (κ1) is 20.0.